The summed E-state index contributed by atoms with van der Waals surface area (Å²) in [5, 5.41) is 3.28. The second-order valence-corrected chi connectivity index (χ2v) is 7.14. The third-order valence-electron chi connectivity index (χ3n) is 3.58. The van der Waals surface area contributed by atoms with E-state index in [0.717, 1.165) is 37.6 Å². The van der Waals surface area contributed by atoms with Crippen molar-refractivity contribution in [3.63, 3.8) is 0 Å². The van der Waals surface area contributed by atoms with Crippen molar-refractivity contribution in [2.75, 3.05) is 19.6 Å². The Balaban J connectivity index is 2.20. The van der Waals surface area contributed by atoms with Gasteiger partial charge < -0.3 is 5.32 Å². The van der Waals surface area contributed by atoms with Crippen LogP contribution in [0.15, 0.2) is 23.1 Å². The minimum Gasteiger partial charge on any atom is -0.313 e. The Labute approximate surface area is 124 Å². The smallest absolute Gasteiger partial charge is 0.246 e. The molecule has 1 saturated heterocycles. The van der Waals surface area contributed by atoms with Crippen molar-refractivity contribution in [3.05, 3.63) is 29.8 Å². The number of nitrogens with one attached hydrogen (secondary N) is 1. The Kier molecular flexibility index (Phi) is 5.29. The highest BCUT2D eigenvalue weighted by Crippen LogP contribution is 2.23. The number of halogens is 2. The first-order chi connectivity index (χ1) is 9.95. The fraction of sp³-hybridized carbons (Fsp3) is 0.571. The first-order valence-electron chi connectivity index (χ1n) is 7.13. The lowest BCUT2D eigenvalue weighted by atomic mass is 10.1. The quantitative estimate of drug-likeness (QED) is 0.905. The Morgan fingerprint density at radius 1 is 1.38 bits per heavy atom. The van der Waals surface area contributed by atoms with Gasteiger partial charge in [0.2, 0.25) is 10.0 Å². The van der Waals surface area contributed by atoms with Crippen LogP contribution in [0.1, 0.15) is 26.2 Å². The molecule has 0 radical (unpaired) electrons. The van der Waals surface area contributed by atoms with Crippen LogP contribution >= 0.6 is 0 Å². The van der Waals surface area contributed by atoms with Gasteiger partial charge in [0.15, 0.2) is 0 Å². The molecular formula is C14H20F2N2O2S. The lowest BCUT2D eigenvalue weighted by Crippen LogP contribution is -2.48. The summed E-state index contributed by atoms with van der Waals surface area (Å²) < 4.78 is 53.1. The molecule has 1 aliphatic rings. The molecule has 2 rings (SSSR count). The molecule has 1 N–H and O–H groups in total. The molecule has 1 heterocycles. The zero-order valence-electron chi connectivity index (χ0n) is 12.0. The minimum absolute atomic E-state index is 0.0603. The predicted octanol–water partition coefficient (Wildman–Crippen LogP) is 2.12. The van der Waals surface area contributed by atoms with Crippen LogP contribution in [0.3, 0.4) is 0 Å². The van der Waals surface area contributed by atoms with Gasteiger partial charge in [-0.3, -0.25) is 0 Å². The van der Waals surface area contributed by atoms with Crippen LogP contribution in [0.25, 0.3) is 0 Å². The van der Waals surface area contributed by atoms with Gasteiger partial charge >= 0.3 is 0 Å². The molecule has 0 aromatic heterocycles. The van der Waals surface area contributed by atoms with Crippen LogP contribution < -0.4 is 5.32 Å². The minimum atomic E-state index is -3.99. The molecule has 1 atom stereocenters. The van der Waals surface area contributed by atoms with E-state index in [9.17, 15) is 17.2 Å². The van der Waals surface area contributed by atoms with Crippen molar-refractivity contribution >= 4 is 10.0 Å². The third-order valence-corrected chi connectivity index (χ3v) is 5.46. The number of hydrogen-bond acceptors (Lipinski definition) is 3. The SMILES string of the molecule is CCCNC1CCCN(S(=O)(=O)c2cc(F)ccc2F)C1. The molecule has 1 aliphatic heterocycles. The maximum atomic E-state index is 13.7. The first-order valence-corrected chi connectivity index (χ1v) is 8.57. The van der Waals surface area contributed by atoms with E-state index in [1.807, 2.05) is 6.92 Å². The predicted molar refractivity (Wildman–Crippen MR) is 76.4 cm³/mol. The van der Waals surface area contributed by atoms with Gasteiger partial charge in [-0.05, 0) is 44.0 Å². The number of nitrogens with zero attached hydrogens (tertiary/aromatic N) is 1. The summed E-state index contributed by atoms with van der Waals surface area (Å²) in [5.41, 5.74) is 0. The summed E-state index contributed by atoms with van der Waals surface area (Å²) in [4.78, 5) is -0.585. The highest BCUT2D eigenvalue weighted by molar-refractivity contribution is 7.89. The standard InChI is InChI=1S/C14H20F2N2O2S/c1-2-7-17-12-4-3-8-18(10-12)21(19,20)14-9-11(15)5-6-13(14)16/h5-6,9,12,17H,2-4,7-8,10H2,1H3. The summed E-state index contributed by atoms with van der Waals surface area (Å²) >= 11 is 0. The molecule has 0 saturated carbocycles. The van der Waals surface area contributed by atoms with Crippen molar-refractivity contribution in [3.8, 4) is 0 Å². The maximum absolute atomic E-state index is 13.7. The second kappa shape index (κ2) is 6.81. The Hall–Kier alpha value is -1.05. The largest absolute Gasteiger partial charge is 0.313 e. The summed E-state index contributed by atoms with van der Waals surface area (Å²) in [6.07, 6.45) is 2.55. The molecule has 1 aromatic rings. The number of rotatable bonds is 5. The van der Waals surface area contributed by atoms with Crippen LogP contribution in [0.4, 0.5) is 8.78 Å². The summed E-state index contributed by atoms with van der Waals surface area (Å²) in [5.74, 6) is -1.67. The Morgan fingerprint density at radius 2 is 2.14 bits per heavy atom. The zero-order valence-corrected chi connectivity index (χ0v) is 12.8. The van der Waals surface area contributed by atoms with Gasteiger partial charge in [0.1, 0.15) is 16.5 Å². The first kappa shape index (κ1) is 16.3. The van der Waals surface area contributed by atoms with E-state index < -0.39 is 26.6 Å². The van der Waals surface area contributed by atoms with Gasteiger partial charge in [-0.2, -0.15) is 4.31 Å². The average molecular weight is 318 g/mol. The van der Waals surface area contributed by atoms with Crippen LogP contribution in [0, 0.1) is 11.6 Å². The van der Waals surface area contributed by atoms with E-state index in [1.165, 1.54) is 4.31 Å². The van der Waals surface area contributed by atoms with Crippen LogP contribution in [-0.2, 0) is 10.0 Å². The van der Waals surface area contributed by atoms with Crippen molar-refractivity contribution in [2.24, 2.45) is 0 Å². The van der Waals surface area contributed by atoms with Crippen molar-refractivity contribution in [2.45, 2.75) is 37.1 Å². The van der Waals surface area contributed by atoms with Gasteiger partial charge in [0, 0.05) is 19.1 Å². The molecule has 0 spiro atoms. The van der Waals surface area contributed by atoms with Gasteiger partial charge in [-0.15, -0.1) is 0 Å². The fourth-order valence-corrected chi connectivity index (χ4v) is 4.09. The van der Waals surface area contributed by atoms with E-state index >= 15 is 0 Å². The Bertz CT molecular complexity index is 593. The summed E-state index contributed by atoms with van der Waals surface area (Å²) in [7, 11) is -3.99. The highest BCUT2D eigenvalue weighted by Gasteiger charge is 2.32. The van der Waals surface area contributed by atoms with E-state index in [-0.39, 0.29) is 12.6 Å². The number of piperidine rings is 1. The van der Waals surface area contributed by atoms with E-state index in [0.29, 0.717) is 13.0 Å². The topological polar surface area (TPSA) is 49.4 Å². The fourth-order valence-electron chi connectivity index (χ4n) is 2.49. The van der Waals surface area contributed by atoms with E-state index in [2.05, 4.69) is 5.32 Å². The number of benzene rings is 1. The van der Waals surface area contributed by atoms with Crippen molar-refractivity contribution in [1.29, 1.82) is 0 Å². The van der Waals surface area contributed by atoms with Gasteiger partial charge in [-0.1, -0.05) is 6.92 Å². The second-order valence-electron chi connectivity index (χ2n) is 5.23. The molecule has 118 valence electrons. The molecule has 1 aromatic carbocycles. The zero-order chi connectivity index (χ0) is 15.5. The van der Waals surface area contributed by atoms with Crippen LogP contribution in [0.5, 0.6) is 0 Å². The van der Waals surface area contributed by atoms with Crippen LogP contribution in [0.2, 0.25) is 0 Å². The van der Waals surface area contributed by atoms with Gasteiger partial charge in [0.25, 0.3) is 0 Å². The molecule has 0 aliphatic carbocycles. The highest BCUT2D eigenvalue weighted by atomic mass is 32.2. The average Bonchev–Trinajstić information content (AvgIpc) is 2.48. The Morgan fingerprint density at radius 3 is 2.86 bits per heavy atom. The van der Waals surface area contributed by atoms with Crippen LogP contribution in [-0.4, -0.2) is 38.4 Å². The van der Waals surface area contributed by atoms with Crippen molar-refractivity contribution < 1.29 is 17.2 Å². The molecule has 4 nitrogen and oxygen atoms in total. The molecule has 1 fully saturated rings. The molecule has 7 heteroatoms. The molecule has 0 amide bonds. The lowest BCUT2D eigenvalue weighted by Gasteiger charge is -2.32. The van der Waals surface area contributed by atoms with Gasteiger partial charge in [-0.25, -0.2) is 17.2 Å². The third kappa shape index (κ3) is 3.78. The summed E-state index contributed by atoms with van der Waals surface area (Å²) in [6.45, 7) is 3.47. The maximum Gasteiger partial charge on any atom is 0.246 e. The normalized spacial score (nSPS) is 20.6. The lowest BCUT2D eigenvalue weighted by molar-refractivity contribution is 0.283. The van der Waals surface area contributed by atoms with Gasteiger partial charge in [0.05, 0.1) is 0 Å². The summed E-state index contributed by atoms with van der Waals surface area (Å²) in [6, 6.07) is 2.56. The molecule has 1 unspecified atom stereocenters. The molecule has 0 bridgehead atoms. The van der Waals surface area contributed by atoms with Crippen molar-refractivity contribution in [1.82, 2.24) is 9.62 Å². The van der Waals surface area contributed by atoms with E-state index in [4.69, 9.17) is 0 Å². The monoisotopic (exact) mass is 318 g/mol. The van der Waals surface area contributed by atoms with E-state index in [1.54, 1.807) is 0 Å². The molecule has 21 heavy (non-hydrogen) atoms. The number of sulfonamides is 1. The number of hydrogen-bond donors (Lipinski definition) is 1. The molecular weight excluding hydrogens is 298 g/mol.